The number of rotatable bonds is 5. The maximum absolute atomic E-state index is 12.4. The first-order valence-electron chi connectivity index (χ1n) is 6.35. The number of imidazole rings is 1. The molecule has 0 aliphatic rings. The van der Waals surface area contributed by atoms with Crippen molar-refractivity contribution >= 4 is 9.84 Å². The Labute approximate surface area is 119 Å². The number of benzene rings is 1. The Morgan fingerprint density at radius 2 is 2.00 bits per heavy atom. The summed E-state index contributed by atoms with van der Waals surface area (Å²) in [4.78, 5) is 3.91. The quantitative estimate of drug-likeness (QED) is 0.848. The molecule has 0 bridgehead atoms. The third kappa shape index (κ3) is 3.19. The van der Waals surface area contributed by atoms with Gasteiger partial charge in [-0.25, -0.2) is 13.4 Å². The van der Waals surface area contributed by atoms with Crippen LogP contribution in [0.25, 0.3) is 0 Å². The molecule has 0 saturated heterocycles. The fraction of sp³-hybridized carbons (Fsp3) is 0.357. The maximum Gasteiger partial charge on any atom is 0.227 e. The van der Waals surface area contributed by atoms with E-state index in [4.69, 9.17) is 4.74 Å². The number of para-hydroxylation sites is 1. The molecule has 0 unspecified atom stereocenters. The molecule has 2 aromatic rings. The molecule has 0 radical (unpaired) electrons. The van der Waals surface area contributed by atoms with Gasteiger partial charge in [0.1, 0.15) is 5.75 Å². The van der Waals surface area contributed by atoms with Crippen LogP contribution in [0.2, 0.25) is 0 Å². The van der Waals surface area contributed by atoms with Crippen molar-refractivity contribution in [2.45, 2.75) is 30.9 Å². The van der Waals surface area contributed by atoms with Crippen molar-refractivity contribution < 1.29 is 13.2 Å². The third-order valence-corrected chi connectivity index (χ3v) is 4.38. The molecule has 0 saturated carbocycles. The number of ether oxygens (including phenoxy) is 1. The highest BCUT2D eigenvalue weighted by molar-refractivity contribution is 7.90. The van der Waals surface area contributed by atoms with Gasteiger partial charge in [0.15, 0.2) is 0 Å². The predicted octanol–water partition coefficient (Wildman–Crippen LogP) is 2.18. The second kappa shape index (κ2) is 5.66. The molecular formula is C14H18N2O3S. The number of aryl methyl sites for hydroxylation is 1. The van der Waals surface area contributed by atoms with Crippen LogP contribution in [-0.4, -0.2) is 24.1 Å². The van der Waals surface area contributed by atoms with Gasteiger partial charge in [-0.05, 0) is 19.9 Å². The van der Waals surface area contributed by atoms with Crippen LogP contribution in [0.4, 0.5) is 0 Å². The second-order valence-electron chi connectivity index (χ2n) is 4.85. The van der Waals surface area contributed by atoms with Crippen LogP contribution in [0.5, 0.6) is 5.75 Å². The standard InChI is InChI=1S/C14H18N2O3S/c1-11(2)19-13-7-5-4-6-12(13)10-20(17,18)14-15-8-9-16(14)3/h4-9,11H,10H2,1-3H3. The van der Waals surface area contributed by atoms with Gasteiger partial charge < -0.3 is 9.30 Å². The summed E-state index contributed by atoms with van der Waals surface area (Å²) in [6.07, 6.45) is 3.08. The highest BCUT2D eigenvalue weighted by atomic mass is 32.2. The van der Waals surface area contributed by atoms with Gasteiger partial charge in [0.2, 0.25) is 15.0 Å². The number of hydrogen-bond donors (Lipinski definition) is 0. The zero-order chi connectivity index (χ0) is 14.8. The predicted molar refractivity (Wildman–Crippen MR) is 76.3 cm³/mol. The summed E-state index contributed by atoms with van der Waals surface area (Å²) in [5, 5.41) is 0.0665. The zero-order valence-electron chi connectivity index (χ0n) is 11.8. The van der Waals surface area contributed by atoms with E-state index in [0.29, 0.717) is 11.3 Å². The van der Waals surface area contributed by atoms with Crippen LogP contribution < -0.4 is 4.74 Å². The lowest BCUT2D eigenvalue weighted by molar-refractivity contribution is 0.240. The van der Waals surface area contributed by atoms with E-state index >= 15 is 0 Å². The zero-order valence-corrected chi connectivity index (χ0v) is 12.6. The minimum absolute atomic E-state index is 0.00739. The highest BCUT2D eigenvalue weighted by Crippen LogP contribution is 2.24. The van der Waals surface area contributed by atoms with E-state index in [1.165, 1.54) is 10.8 Å². The summed E-state index contributed by atoms with van der Waals surface area (Å²) in [7, 11) is -1.82. The summed E-state index contributed by atoms with van der Waals surface area (Å²) in [6.45, 7) is 3.81. The van der Waals surface area contributed by atoms with Gasteiger partial charge in [-0.3, -0.25) is 0 Å². The molecule has 20 heavy (non-hydrogen) atoms. The van der Waals surface area contributed by atoms with E-state index in [9.17, 15) is 8.42 Å². The van der Waals surface area contributed by atoms with Gasteiger partial charge in [-0.2, -0.15) is 0 Å². The summed E-state index contributed by atoms with van der Waals surface area (Å²) in [5.74, 6) is 0.473. The van der Waals surface area contributed by atoms with Crippen molar-refractivity contribution in [2.24, 2.45) is 7.05 Å². The SMILES string of the molecule is CC(C)Oc1ccccc1CS(=O)(=O)c1nccn1C. The Bertz CT molecular complexity index is 690. The minimum Gasteiger partial charge on any atom is -0.491 e. The molecule has 0 N–H and O–H groups in total. The van der Waals surface area contributed by atoms with Crippen LogP contribution in [0.3, 0.4) is 0 Å². The van der Waals surface area contributed by atoms with Crippen LogP contribution in [-0.2, 0) is 22.6 Å². The number of aromatic nitrogens is 2. The first-order chi connectivity index (χ1) is 9.40. The lowest BCUT2D eigenvalue weighted by atomic mass is 10.2. The number of sulfone groups is 1. The van der Waals surface area contributed by atoms with Gasteiger partial charge in [0.05, 0.1) is 11.9 Å². The first-order valence-corrected chi connectivity index (χ1v) is 8.00. The Balaban J connectivity index is 2.33. The van der Waals surface area contributed by atoms with Crippen molar-refractivity contribution in [1.29, 1.82) is 0 Å². The van der Waals surface area contributed by atoms with Crippen LogP contribution in [0.1, 0.15) is 19.4 Å². The largest absolute Gasteiger partial charge is 0.491 e. The van der Waals surface area contributed by atoms with E-state index < -0.39 is 9.84 Å². The van der Waals surface area contributed by atoms with Crippen molar-refractivity contribution in [3.8, 4) is 5.75 Å². The van der Waals surface area contributed by atoms with Gasteiger partial charge in [0.25, 0.3) is 0 Å². The summed E-state index contributed by atoms with van der Waals surface area (Å²) in [5.41, 5.74) is 0.643. The molecule has 6 heteroatoms. The molecule has 1 heterocycles. The molecule has 0 aliphatic heterocycles. The number of nitrogens with zero attached hydrogens (tertiary/aromatic N) is 2. The summed E-state index contributed by atoms with van der Waals surface area (Å²) in [6, 6.07) is 7.17. The van der Waals surface area contributed by atoms with Crippen LogP contribution in [0.15, 0.2) is 41.8 Å². The molecule has 2 rings (SSSR count). The molecule has 0 atom stereocenters. The Morgan fingerprint density at radius 3 is 2.60 bits per heavy atom. The molecule has 108 valence electrons. The van der Waals surface area contributed by atoms with E-state index in [1.54, 1.807) is 31.4 Å². The minimum atomic E-state index is -3.49. The van der Waals surface area contributed by atoms with Crippen molar-refractivity contribution in [3.63, 3.8) is 0 Å². The average Bonchev–Trinajstić information content (AvgIpc) is 2.78. The third-order valence-electron chi connectivity index (χ3n) is 2.74. The molecule has 0 aliphatic carbocycles. The molecule has 1 aromatic carbocycles. The van der Waals surface area contributed by atoms with Gasteiger partial charge >= 0.3 is 0 Å². The Hall–Kier alpha value is -1.82. The van der Waals surface area contributed by atoms with Crippen molar-refractivity contribution in [3.05, 3.63) is 42.2 Å². The fourth-order valence-corrected chi connectivity index (χ4v) is 3.41. The normalized spacial score (nSPS) is 11.8. The van der Waals surface area contributed by atoms with Crippen molar-refractivity contribution in [1.82, 2.24) is 9.55 Å². The maximum atomic E-state index is 12.4. The number of hydrogen-bond acceptors (Lipinski definition) is 4. The van der Waals surface area contributed by atoms with E-state index in [1.807, 2.05) is 19.9 Å². The molecule has 1 aromatic heterocycles. The van der Waals surface area contributed by atoms with Crippen LogP contribution >= 0.6 is 0 Å². The smallest absolute Gasteiger partial charge is 0.227 e. The van der Waals surface area contributed by atoms with Gasteiger partial charge in [-0.1, -0.05) is 18.2 Å². The van der Waals surface area contributed by atoms with E-state index in [2.05, 4.69) is 4.98 Å². The average molecular weight is 294 g/mol. The summed E-state index contributed by atoms with van der Waals surface area (Å²) < 4.78 is 31.9. The van der Waals surface area contributed by atoms with Crippen molar-refractivity contribution in [2.75, 3.05) is 0 Å². The summed E-state index contributed by atoms with van der Waals surface area (Å²) >= 11 is 0. The second-order valence-corrected chi connectivity index (χ2v) is 6.74. The molecule has 0 amide bonds. The molecular weight excluding hydrogens is 276 g/mol. The fourth-order valence-electron chi connectivity index (χ4n) is 1.91. The Kier molecular flexibility index (Phi) is 4.13. The van der Waals surface area contributed by atoms with Gasteiger partial charge in [0, 0.05) is 25.0 Å². The molecule has 0 fully saturated rings. The molecule has 5 nitrogen and oxygen atoms in total. The topological polar surface area (TPSA) is 61.2 Å². The molecule has 0 spiro atoms. The monoisotopic (exact) mass is 294 g/mol. The lowest BCUT2D eigenvalue weighted by Crippen LogP contribution is -2.13. The van der Waals surface area contributed by atoms with Crippen LogP contribution in [0, 0.1) is 0 Å². The Morgan fingerprint density at radius 1 is 1.30 bits per heavy atom. The van der Waals surface area contributed by atoms with E-state index in [-0.39, 0.29) is 17.0 Å². The van der Waals surface area contributed by atoms with Gasteiger partial charge in [-0.15, -0.1) is 0 Å². The van der Waals surface area contributed by atoms with E-state index in [0.717, 1.165) is 0 Å². The first kappa shape index (κ1) is 14.6. The lowest BCUT2D eigenvalue weighted by Gasteiger charge is -2.14. The highest BCUT2D eigenvalue weighted by Gasteiger charge is 2.22.